The first kappa shape index (κ1) is 38.2. The van der Waals surface area contributed by atoms with Crippen LogP contribution in [0, 0.1) is 6.92 Å². The van der Waals surface area contributed by atoms with Crippen LogP contribution in [0.25, 0.3) is 17.0 Å². The van der Waals surface area contributed by atoms with Crippen molar-refractivity contribution in [2.24, 2.45) is 0 Å². The highest BCUT2D eigenvalue weighted by molar-refractivity contribution is 6.01. The first-order valence-electron chi connectivity index (χ1n) is 17.3. The molecule has 0 aliphatic rings. The number of hydrogen-bond acceptors (Lipinski definition) is 6. The Morgan fingerprint density at radius 2 is 1.49 bits per heavy atom. The van der Waals surface area contributed by atoms with Crippen molar-refractivity contribution in [3.05, 3.63) is 101 Å². The Hall–Kier alpha value is -5.58. The van der Waals surface area contributed by atoms with E-state index in [4.69, 9.17) is 9.47 Å². The van der Waals surface area contributed by atoms with E-state index in [-0.39, 0.29) is 17.5 Å². The number of aryl methyl sites for hydroxylation is 1. The molecular formula is C40H48N4O7. The number of aliphatic carboxylic acids is 1. The van der Waals surface area contributed by atoms with Crippen LogP contribution in [0.4, 0.5) is 0 Å². The lowest BCUT2D eigenvalue weighted by molar-refractivity contribution is -0.137. The summed E-state index contributed by atoms with van der Waals surface area (Å²) >= 11 is 0. The number of carbonyl (C=O) groups excluding carboxylic acids is 3. The lowest BCUT2D eigenvalue weighted by Gasteiger charge is -2.19. The number of rotatable bonds is 20. The summed E-state index contributed by atoms with van der Waals surface area (Å²) in [6.07, 6.45) is 7.92. The normalized spacial score (nSPS) is 11.7. The Morgan fingerprint density at radius 3 is 2.20 bits per heavy atom. The molecule has 0 spiro atoms. The van der Waals surface area contributed by atoms with E-state index in [2.05, 4.69) is 16.0 Å². The minimum Gasteiger partial charge on any atom is -0.496 e. The molecule has 3 aromatic carbocycles. The molecule has 270 valence electrons. The molecule has 0 unspecified atom stereocenters. The second kappa shape index (κ2) is 19.6. The molecule has 1 atom stereocenters. The van der Waals surface area contributed by atoms with E-state index in [1.165, 1.54) is 10.6 Å². The molecule has 0 saturated heterocycles. The smallest absolute Gasteiger partial charge is 0.323 e. The van der Waals surface area contributed by atoms with Gasteiger partial charge in [0, 0.05) is 35.6 Å². The lowest BCUT2D eigenvalue weighted by Crippen LogP contribution is -2.47. The quantitative estimate of drug-likeness (QED) is 0.0687. The number of methoxy groups -OCH3 is 2. The maximum atomic E-state index is 13.6. The number of carboxylic acid groups (broad SMARTS) is 1. The average Bonchev–Trinajstić information content (AvgIpc) is 3.49. The summed E-state index contributed by atoms with van der Waals surface area (Å²) in [6.45, 7) is 2.43. The Labute approximate surface area is 299 Å². The van der Waals surface area contributed by atoms with Crippen molar-refractivity contribution in [2.75, 3.05) is 27.3 Å². The van der Waals surface area contributed by atoms with Crippen LogP contribution >= 0.6 is 0 Å². The summed E-state index contributed by atoms with van der Waals surface area (Å²) in [5.74, 6) is -0.561. The number of fused-ring (bicyclic) bond motifs is 1. The van der Waals surface area contributed by atoms with E-state index in [0.29, 0.717) is 37.9 Å². The highest BCUT2D eigenvalue weighted by Gasteiger charge is 2.24. The Bertz CT molecular complexity index is 1790. The summed E-state index contributed by atoms with van der Waals surface area (Å²) in [5, 5.41) is 19.0. The fourth-order valence-electron chi connectivity index (χ4n) is 5.99. The number of nitrogens with zero attached hydrogens (tertiary/aromatic N) is 1. The predicted octanol–water partition coefficient (Wildman–Crippen LogP) is 5.68. The number of nitrogens with one attached hydrogen (secondary N) is 3. The standard InChI is InChI=1S/C40H48N4O7/c1-28-24-35(50-2)31(36(25-28)51-3)17-8-5-12-23-42-39(48)32(18-11-13-22-41-37(45)21-20-29-14-6-4-7-15-29)43-40(49)34-26-30-16-9-10-19-33(30)44(34)27-38(46)47/h4,6-7,9-10,14-16,19-21,24-26,32H,5,8,11-13,17-18,22-23,27H2,1-3H3,(H,41,45)(H,42,48)(H,43,49)(H,46,47)/t32-/m1/s1. The molecule has 1 aromatic heterocycles. The van der Waals surface area contributed by atoms with Crippen molar-refractivity contribution in [3.63, 3.8) is 0 Å². The monoisotopic (exact) mass is 696 g/mol. The molecule has 0 bridgehead atoms. The number of ether oxygens (including phenoxy) is 2. The summed E-state index contributed by atoms with van der Waals surface area (Å²) in [7, 11) is 3.30. The third kappa shape index (κ3) is 11.5. The van der Waals surface area contributed by atoms with Gasteiger partial charge in [-0.2, -0.15) is 0 Å². The molecule has 0 aliphatic heterocycles. The number of para-hydroxylation sites is 1. The van der Waals surface area contributed by atoms with Gasteiger partial charge >= 0.3 is 5.97 Å². The van der Waals surface area contributed by atoms with Gasteiger partial charge < -0.3 is 35.1 Å². The molecule has 0 radical (unpaired) electrons. The molecule has 11 nitrogen and oxygen atoms in total. The van der Waals surface area contributed by atoms with Crippen LogP contribution < -0.4 is 25.4 Å². The van der Waals surface area contributed by atoms with E-state index < -0.39 is 24.5 Å². The Balaban J connectivity index is 1.34. The van der Waals surface area contributed by atoms with Gasteiger partial charge in [0.05, 0.1) is 14.2 Å². The number of carbonyl (C=O) groups is 4. The maximum absolute atomic E-state index is 13.6. The van der Waals surface area contributed by atoms with Gasteiger partial charge in [0.1, 0.15) is 29.8 Å². The summed E-state index contributed by atoms with van der Waals surface area (Å²) in [5.41, 5.74) is 3.77. The molecule has 11 heteroatoms. The van der Waals surface area contributed by atoms with Gasteiger partial charge in [-0.15, -0.1) is 0 Å². The number of aromatic nitrogens is 1. The summed E-state index contributed by atoms with van der Waals surface area (Å²) in [4.78, 5) is 51.0. The largest absolute Gasteiger partial charge is 0.496 e. The third-order valence-corrected chi connectivity index (χ3v) is 8.56. The topological polar surface area (TPSA) is 148 Å². The van der Waals surface area contributed by atoms with E-state index in [1.54, 1.807) is 38.5 Å². The molecule has 4 rings (SSSR count). The maximum Gasteiger partial charge on any atom is 0.323 e. The first-order chi connectivity index (χ1) is 24.7. The highest BCUT2D eigenvalue weighted by Crippen LogP contribution is 2.32. The van der Waals surface area contributed by atoms with Crippen molar-refractivity contribution in [1.82, 2.24) is 20.5 Å². The number of amides is 3. The van der Waals surface area contributed by atoms with E-state index in [0.717, 1.165) is 59.3 Å². The Kier molecular flexibility index (Phi) is 14.7. The molecule has 0 fully saturated rings. The van der Waals surface area contributed by atoms with Crippen molar-refractivity contribution in [3.8, 4) is 11.5 Å². The molecule has 51 heavy (non-hydrogen) atoms. The number of carboxylic acids is 1. The second-order valence-corrected chi connectivity index (χ2v) is 12.4. The van der Waals surface area contributed by atoms with Gasteiger partial charge in [0.15, 0.2) is 0 Å². The lowest BCUT2D eigenvalue weighted by atomic mass is 10.0. The van der Waals surface area contributed by atoms with Crippen LogP contribution in [0.3, 0.4) is 0 Å². The predicted molar refractivity (Wildman–Crippen MR) is 198 cm³/mol. The molecule has 0 saturated carbocycles. The van der Waals surface area contributed by atoms with Gasteiger partial charge in [-0.05, 0) is 86.9 Å². The highest BCUT2D eigenvalue weighted by atomic mass is 16.5. The molecule has 4 N–H and O–H groups in total. The van der Waals surface area contributed by atoms with Gasteiger partial charge in [-0.1, -0.05) is 55.0 Å². The van der Waals surface area contributed by atoms with Crippen molar-refractivity contribution in [2.45, 2.75) is 64.5 Å². The first-order valence-corrected chi connectivity index (χ1v) is 17.3. The zero-order valence-electron chi connectivity index (χ0n) is 29.6. The van der Waals surface area contributed by atoms with Gasteiger partial charge in [-0.3, -0.25) is 19.2 Å². The van der Waals surface area contributed by atoms with Crippen LogP contribution in [0.2, 0.25) is 0 Å². The van der Waals surface area contributed by atoms with Gasteiger partial charge in [0.25, 0.3) is 5.91 Å². The SMILES string of the molecule is COc1cc(C)cc(OC)c1CCCCCNC(=O)[C@@H](CCCCNC(=O)C=Cc1ccccc1)NC(=O)c1cc2ccccc2n1CC(=O)O. The molecule has 0 aliphatic carbocycles. The number of unbranched alkanes of at least 4 members (excludes halogenated alkanes) is 3. The third-order valence-electron chi connectivity index (χ3n) is 8.56. The van der Waals surface area contributed by atoms with Crippen LogP contribution in [-0.2, 0) is 27.3 Å². The molecular weight excluding hydrogens is 648 g/mol. The number of benzene rings is 3. The number of hydrogen-bond donors (Lipinski definition) is 4. The van der Waals surface area contributed by atoms with E-state index in [9.17, 15) is 24.3 Å². The summed E-state index contributed by atoms with van der Waals surface area (Å²) in [6, 6.07) is 21.4. The summed E-state index contributed by atoms with van der Waals surface area (Å²) < 4.78 is 12.6. The van der Waals surface area contributed by atoms with Gasteiger partial charge in [0.2, 0.25) is 11.8 Å². The zero-order chi connectivity index (χ0) is 36.6. The molecule has 3 amide bonds. The van der Waals surface area contributed by atoms with Crippen molar-refractivity contribution < 1.29 is 33.8 Å². The molecule has 4 aromatic rings. The second-order valence-electron chi connectivity index (χ2n) is 12.4. The van der Waals surface area contributed by atoms with Crippen LogP contribution in [0.15, 0.2) is 78.9 Å². The van der Waals surface area contributed by atoms with Crippen LogP contribution in [0.5, 0.6) is 11.5 Å². The van der Waals surface area contributed by atoms with E-state index in [1.807, 2.05) is 61.5 Å². The Morgan fingerprint density at radius 1 is 0.824 bits per heavy atom. The fraction of sp³-hybridized carbons (Fsp3) is 0.350. The van der Waals surface area contributed by atoms with Crippen molar-refractivity contribution in [1.29, 1.82) is 0 Å². The van der Waals surface area contributed by atoms with Gasteiger partial charge in [-0.25, -0.2) is 0 Å². The van der Waals surface area contributed by atoms with E-state index >= 15 is 0 Å². The molecule has 1 heterocycles. The van der Waals surface area contributed by atoms with Crippen LogP contribution in [-0.4, -0.2) is 66.7 Å². The fourth-order valence-corrected chi connectivity index (χ4v) is 5.99. The van der Waals surface area contributed by atoms with Crippen molar-refractivity contribution >= 4 is 40.7 Å². The minimum absolute atomic E-state index is 0.163. The van der Waals surface area contributed by atoms with Crippen LogP contribution in [0.1, 0.15) is 65.7 Å². The minimum atomic E-state index is -1.08. The zero-order valence-corrected chi connectivity index (χ0v) is 29.6. The average molecular weight is 697 g/mol.